The maximum absolute atomic E-state index is 8.63. The summed E-state index contributed by atoms with van der Waals surface area (Å²) in [5.74, 6) is 0.317. The van der Waals surface area contributed by atoms with E-state index >= 15 is 0 Å². The predicted molar refractivity (Wildman–Crippen MR) is 77.1 cm³/mol. The molecule has 0 unspecified atom stereocenters. The summed E-state index contributed by atoms with van der Waals surface area (Å²) in [4.78, 5) is 0. The van der Waals surface area contributed by atoms with Gasteiger partial charge in [-0.2, -0.15) is 0 Å². The van der Waals surface area contributed by atoms with Crippen LogP contribution in [0.1, 0.15) is 24.8 Å². The quantitative estimate of drug-likeness (QED) is 0.339. The fourth-order valence-corrected chi connectivity index (χ4v) is 2.48. The molecule has 0 atom stereocenters. The van der Waals surface area contributed by atoms with E-state index in [1.165, 1.54) is 5.56 Å². The molecule has 1 saturated carbocycles. The Morgan fingerprint density at radius 1 is 1.56 bits per heavy atom. The molecule has 4 N–H and O–H groups in total. The van der Waals surface area contributed by atoms with E-state index in [-0.39, 0.29) is 5.41 Å². The molecule has 0 saturated heterocycles. The lowest BCUT2D eigenvalue weighted by Gasteiger charge is -2.17. The van der Waals surface area contributed by atoms with Crippen molar-refractivity contribution in [3.05, 3.63) is 28.2 Å². The fraction of sp³-hybridized carbons (Fsp3) is 0.462. The number of oxime groups is 1. The molecule has 1 aliphatic carbocycles. The minimum absolute atomic E-state index is 0.166. The SMILES string of the molecule is Cc1cccc(NCC2(C/C(N)=N/O)CC2)c1Br. The number of hydrogen-bond donors (Lipinski definition) is 3. The first kappa shape index (κ1) is 13.2. The molecule has 1 fully saturated rings. The number of nitrogens with two attached hydrogens (primary N) is 1. The van der Waals surface area contributed by atoms with Gasteiger partial charge in [0.05, 0.1) is 0 Å². The molecule has 0 amide bonds. The topological polar surface area (TPSA) is 70.6 Å². The molecule has 1 aromatic rings. The highest BCUT2D eigenvalue weighted by Gasteiger charge is 2.43. The molecule has 18 heavy (non-hydrogen) atoms. The Morgan fingerprint density at radius 2 is 2.28 bits per heavy atom. The monoisotopic (exact) mass is 311 g/mol. The van der Waals surface area contributed by atoms with Crippen molar-refractivity contribution in [3.63, 3.8) is 0 Å². The van der Waals surface area contributed by atoms with Gasteiger partial charge in [0.15, 0.2) is 0 Å². The summed E-state index contributed by atoms with van der Waals surface area (Å²) in [6, 6.07) is 6.15. The van der Waals surface area contributed by atoms with Gasteiger partial charge >= 0.3 is 0 Å². The van der Waals surface area contributed by atoms with E-state index in [2.05, 4.69) is 45.5 Å². The van der Waals surface area contributed by atoms with Crippen LogP contribution in [0.25, 0.3) is 0 Å². The fourth-order valence-electron chi connectivity index (χ4n) is 2.08. The van der Waals surface area contributed by atoms with E-state index in [9.17, 15) is 0 Å². The summed E-state index contributed by atoms with van der Waals surface area (Å²) in [6.07, 6.45) is 2.90. The van der Waals surface area contributed by atoms with Gasteiger partial charge in [0.1, 0.15) is 5.84 Å². The van der Waals surface area contributed by atoms with Crippen LogP contribution in [0.3, 0.4) is 0 Å². The molecule has 4 nitrogen and oxygen atoms in total. The normalized spacial score (nSPS) is 17.6. The third kappa shape index (κ3) is 2.96. The molecule has 0 spiro atoms. The Morgan fingerprint density at radius 3 is 2.89 bits per heavy atom. The van der Waals surface area contributed by atoms with E-state index < -0.39 is 0 Å². The van der Waals surface area contributed by atoms with Gasteiger partial charge in [0, 0.05) is 23.1 Å². The Balaban J connectivity index is 1.98. The molecule has 1 aromatic carbocycles. The highest BCUT2D eigenvalue weighted by Crippen LogP contribution is 2.49. The smallest absolute Gasteiger partial charge is 0.139 e. The van der Waals surface area contributed by atoms with Crippen LogP contribution in [0, 0.1) is 12.3 Å². The lowest BCUT2D eigenvalue weighted by Crippen LogP contribution is -2.23. The second kappa shape index (κ2) is 5.18. The zero-order chi connectivity index (χ0) is 13.2. The molecule has 0 bridgehead atoms. The first-order chi connectivity index (χ1) is 8.56. The molecule has 2 rings (SSSR count). The van der Waals surface area contributed by atoms with Gasteiger partial charge in [-0.25, -0.2) is 0 Å². The Bertz CT molecular complexity index is 469. The second-order valence-corrected chi connectivity index (χ2v) is 5.85. The third-order valence-electron chi connectivity index (χ3n) is 3.49. The summed E-state index contributed by atoms with van der Waals surface area (Å²) >= 11 is 3.58. The summed E-state index contributed by atoms with van der Waals surface area (Å²) in [7, 11) is 0. The van der Waals surface area contributed by atoms with Crippen molar-refractivity contribution in [2.45, 2.75) is 26.2 Å². The number of halogens is 1. The summed E-state index contributed by atoms with van der Waals surface area (Å²) in [6.45, 7) is 2.92. The zero-order valence-corrected chi connectivity index (χ0v) is 12.0. The number of aryl methyl sites for hydroxylation is 1. The highest BCUT2D eigenvalue weighted by molar-refractivity contribution is 9.10. The van der Waals surface area contributed by atoms with Crippen LogP contribution in [-0.4, -0.2) is 17.6 Å². The van der Waals surface area contributed by atoms with E-state index in [0.717, 1.165) is 29.5 Å². The molecular formula is C13H18BrN3O. The summed E-state index contributed by atoms with van der Waals surface area (Å²) in [5, 5.41) is 15.1. The highest BCUT2D eigenvalue weighted by atomic mass is 79.9. The van der Waals surface area contributed by atoms with Crippen molar-refractivity contribution in [2.24, 2.45) is 16.3 Å². The number of rotatable bonds is 5. The minimum atomic E-state index is 0.166. The summed E-state index contributed by atoms with van der Waals surface area (Å²) in [5.41, 5.74) is 8.06. The van der Waals surface area contributed by atoms with E-state index in [1.54, 1.807) is 0 Å². The van der Waals surface area contributed by atoms with Gasteiger partial charge in [-0.05, 0) is 52.7 Å². The van der Waals surface area contributed by atoms with Gasteiger partial charge in [-0.15, -0.1) is 0 Å². The molecule has 5 heteroatoms. The van der Waals surface area contributed by atoms with Gasteiger partial charge in [0.2, 0.25) is 0 Å². The molecule has 0 aliphatic heterocycles. The minimum Gasteiger partial charge on any atom is -0.409 e. The molecule has 98 valence electrons. The van der Waals surface area contributed by atoms with Gasteiger partial charge in [0.25, 0.3) is 0 Å². The third-order valence-corrected chi connectivity index (χ3v) is 4.54. The molecule has 0 heterocycles. The zero-order valence-electron chi connectivity index (χ0n) is 10.4. The van der Waals surface area contributed by atoms with Crippen LogP contribution >= 0.6 is 15.9 Å². The first-order valence-corrected chi connectivity index (χ1v) is 6.81. The van der Waals surface area contributed by atoms with Crippen molar-refractivity contribution < 1.29 is 5.21 Å². The second-order valence-electron chi connectivity index (χ2n) is 5.06. The standard InChI is InChI=1S/C13H18BrN3O/c1-9-3-2-4-10(12(9)14)16-8-13(5-6-13)7-11(15)17-18/h2-4,16,18H,5-8H2,1H3,(H2,15,17). The van der Waals surface area contributed by atoms with E-state index in [1.807, 2.05) is 6.07 Å². The number of nitrogens with one attached hydrogen (secondary N) is 1. The molecule has 0 radical (unpaired) electrons. The van der Waals surface area contributed by atoms with Gasteiger partial charge in [-0.1, -0.05) is 17.3 Å². The lowest BCUT2D eigenvalue weighted by atomic mass is 10.0. The average Bonchev–Trinajstić information content (AvgIpc) is 3.11. The van der Waals surface area contributed by atoms with Crippen LogP contribution in [0.4, 0.5) is 5.69 Å². The van der Waals surface area contributed by atoms with Crippen LogP contribution < -0.4 is 11.1 Å². The Labute approximate surface area is 115 Å². The van der Waals surface area contributed by atoms with E-state index in [0.29, 0.717) is 12.3 Å². The summed E-state index contributed by atoms with van der Waals surface area (Å²) < 4.78 is 1.10. The van der Waals surface area contributed by atoms with Crippen molar-refractivity contribution in [1.29, 1.82) is 0 Å². The number of anilines is 1. The van der Waals surface area contributed by atoms with Gasteiger partial charge < -0.3 is 16.3 Å². The van der Waals surface area contributed by atoms with Gasteiger partial charge in [-0.3, -0.25) is 0 Å². The lowest BCUT2D eigenvalue weighted by molar-refractivity contribution is 0.315. The van der Waals surface area contributed by atoms with Crippen LogP contribution in [0.15, 0.2) is 27.8 Å². The van der Waals surface area contributed by atoms with Crippen LogP contribution in [-0.2, 0) is 0 Å². The maximum Gasteiger partial charge on any atom is 0.139 e. The van der Waals surface area contributed by atoms with Crippen molar-refractivity contribution in [3.8, 4) is 0 Å². The molecular weight excluding hydrogens is 294 g/mol. The average molecular weight is 312 g/mol. The number of nitrogens with zero attached hydrogens (tertiary/aromatic N) is 1. The first-order valence-electron chi connectivity index (χ1n) is 6.02. The Kier molecular flexibility index (Phi) is 3.80. The van der Waals surface area contributed by atoms with Crippen LogP contribution in [0.5, 0.6) is 0 Å². The van der Waals surface area contributed by atoms with E-state index in [4.69, 9.17) is 10.9 Å². The van der Waals surface area contributed by atoms with Crippen molar-refractivity contribution in [2.75, 3.05) is 11.9 Å². The Hall–Kier alpha value is -1.23. The molecule has 1 aliphatic rings. The maximum atomic E-state index is 8.63. The van der Waals surface area contributed by atoms with Crippen molar-refractivity contribution in [1.82, 2.24) is 0 Å². The molecule has 0 aromatic heterocycles. The number of amidine groups is 1. The predicted octanol–water partition coefficient (Wildman–Crippen LogP) is 3.09. The van der Waals surface area contributed by atoms with Crippen LogP contribution in [0.2, 0.25) is 0 Å². The number of benzene rings is 1. The number of hydrogen-bond acceptors (Lipinski definition) is 3. The largest absolute Gasteiger partial charge is 0.409 e. The van der Waals surface area contributed by atoms with Crippen molar-refractivity contribution >= 4 is 27.5 Å².